The van der Waals surface area contributed by atoms with Gasteiger partial charge in [0.15, 0.2) is 0 Å². The number of halogens is 2. The van der Waals surface area contributed by atoms with Crippen LogP contribution < -0.4 is 5.32 Å². The summed E-state index contributed by atoms with van der Waals surface area (Å²) in [5, 5.41) is 10.2. The van der Waals surface area contributed by atoms with Gasteiger partial charge in [-0.15, -0.1) is 0 Å². The Bertz CT molecular complexity index is 406. The molecule has 1 rings (SSSR count). The first kappa shape index (κ1) is 11.1. The van der Waals surface area contributed by atoms with Gasteiger partial charge in [-0.25, -0.2) is 8.78 Å². The van der Waals surface area contributed by atoms with Crippen molar-refractivity contribution in [1.82, 2.24) is 5.32 Å². The Labute approximate surface area is 83.5 Å². The van der Waals surface area contributed by atoms with E-state index in [2.05, 4.69) is 0 Å². The zero-order valence-electron chi connectivity index (χ0n) is 7.46. The molecule has 0 atom stereocenters. The van der Waals surface area contributed by atoms with Crippen LogP contribution in [0.4, 0.5) is 8.78 Å². The van der Waals surface area contributed by atoms with Crippen molar-refractivity contribution in [2.24, 2.45) is 0 Å². The van der Waals surface area contributed by atoms with Crippen LogP contribution in [0.25, 0.3) is 0 Å². The maximum Gasteiger partial charge on any atom is 0.322 e. The second kappa shape index (κ2) is 4.50. The normalized spacial score (nSPS) is 9.73. The van der Waals surface area contributed by atoms with Gasteiger partial charge >= 0.3 is 5.97 Å². The molecule has 0 saturated carbocycles. The highest BCUT2D eigenvalue weighted by atomic mass is 19.1. The number of benzene rings is 1. The van der Waals surface area contributed by atoms with Gasteiger partial charge in [0.05, 0.1) is 5.56 Å². The zero-order chi connectivity index (χ0) is 11.4. The number of aliphatic carboxylic acids is 1. The van der Waals surface area contributed by atoms with E-state index in [1.54, 1.807) is 0 Å². The van der Waals surface area contributed by atoms with Crippen LogP contribution in [0, 0.1) is 11.6 Å². The van der Waals surface area contributed by atoms with Crippen LogP contribution in [0.2, 0.25) is 0 Å². The monoisotopic (exact) mass is 215 g/mol. The molecule has 0 heterocycles. The fourth-order valence-electron chi connectivity index (χ4n) is 0.925. The minimum Gasteiger partial charge on any atom is -0.480 e. The topological polar surface area (TPSA) is 66.4 Å². The van der Waals surface area contributed by atoms with Gasteiger partial charge in [-0.1, -0.05) is 0 Å². The van der Waals surface area contributed by atoms with Gasteiger partial charge in [0.2, 0.25) is 0 Å². The molecule has 0 radical (unpaired) electrons. The third-order valence-electron chi connectivity index (χ3n) is 1.58. The highest BCUT2D eigenvalue weighted by Gasteiger charge is 2.12. The molecule has 0 aromatic heterocycles. The molecule has 0 aliphatic rings. The number of carbonyl (C=O) groups is 2. The second-order valence-corrected chi connectivity index (χ2v) is 2.70. The Hall–Kier alpha value is -1.98. The number of rotatable bonds is 3. The van der Waals surface area contributed by atoms with Gasteiger partial charge in [0.1, 0.15) is 18.2 Å². The molecule has 0 spiro atoms. The molecule has 0 fully saturated rings. The van der Waals surface area contributed by atoms with E-state index < -0.39 is 35.6 Å². The molecule has 0 bridgehead atoms. The second-order valence-electron chi connectivity index (χ2n) is 2.70. The zero-order valence-corrected chi connectivity index (χ0v) is 7.46. The number of carboxylic acid groups (broad SMARTS) is 1. The van der Waals surface area contributed by atoms with E-state index in [0.717, 1.165) is 12.1 Å². The minimum atomic E-state index is -1.24. The highest BCUT2D eigenvalue weighted by molar-refractivity contribution is 5.95. The molecule has 1 aromatic carbocycles. The number of nitrogens with one attached hydrogen (secondary N) is 1. The van der Waals surface area contributed by atoms with Gasteiger partial charge in [0, 0.05) is 6.07 Å². The van der Waals surface area contributed by atoms with Crippen molar-refractivity contribution < 1.29 is 23.5 Å². The molecule has 80 valence electrons. The number of hydrogen-bond acceptors (Lipinski definition) is 2. The molecule has 1 aromatic rings. The van der Waals surface area contributed by atoms with Crippen LogP contribution in [0.15, 0.2) is 18.2 Å². The maximum atomic E-state index is 13.0. The van der Waals surface area contributed by atoms with Gasteiger partial charge in [-0.2, -0.15) is 0 Å². The molecule has 0 aliphatic heterocycles. The van der Waals surface area contributed by atoms with E-state index in [-0.39, 0.29) is 0 Å². The molecule has 0 saturated heterocycles. The van der Waals surface area contributed by atoms with E-state index in [9.17, 15) is 18.4 Å². The Morgan fingerprint density at radius 2 is 2.00 bits per heavy atom. The van der Waals surface area contributed by atoms with E-state index in [4.69, 9.17) is 5.11 Å². The van der Waals surface area contributed by atoms with Crippen molar-refractivity contribution in [1.29, 1.82) is 0 Å². The summed E-state index contributed by atoms with van der Waals surface area (Å²) in [5.41, 5.74) is -0.391. The number of carboxylic acids is 1. The molecule has 0 aliphatic carbocycles. The third-order valence-corrected chi connectivity index (χ3v) is 1.58. The van der Waals surface area contributed by atoms with Crippen molar-refractivity contribution in [3.8, 4) is 0 Å². The average molecular weight is 215 g/mol. The van der Waals surface area contributed by atoms with Crippen molar-refractivity contribution >= 4 is 11.9 Å². The van der Waals surface area contributed by atoms with Crippen LogP contribution in [-0.2, 0) is 4.79 Å². The largest absolute Gasteiger partial charge is 0.480 e. The van der Waals surface area contributed by atoms with E-state index in [1.807, 2.05) is 5.32 Å². The van der Waals surface area contributed by atoms with E-state index in [1.165, 1.54) is 0 Å². The molecule has 15 heavy (non-hydrogen) atoms. The Morgan fingerprint density at radius 3 is 2.53 bits per heavy atom. The molecule has 0 unspecified atom stereocenters. The number of amides is 1. The predicted octanol–water partition coefficient (Wildman–Crippen LogP) is 0.779. The smallest absolute Gasteiger partial charge is 0.322 e. The lowest BCUT2D eigenvalue weighted by molar-refractivity contribution is -0.135. The summed E-state index contributed by atoms with van der Waals surface area (Å²) in [7, 11) is 0. The average Bonchev–Trinajstić information content (AvgIpc) is 2.14. The quantitative estimate of drug-likeness (QED) is 0.782. The SMILES string of the molecule is O=C(O)CNC(=O)c1ccc(F)cc1F. The predicted molar refractivity (Wildman–Crippen MR) is 46.3 cm³/mol. The fraction of sp³-hybridized carbons (Fsp3) is 0.111. The summed E-state index contributed by atoms with van der Waals surface area (Å²) in [4.78, 5) is 21.3. The molecule has 4 nitrogen and oxygen atoms in total. The summed E-state index contributed by atoms with van der Waals surface area (Å²) >= 11 is 0. The van der Waals surface area contributed by atoms with Crippen LogP contribution >= 0.6 is 0 Å². The first-order valence-corrected chi connectivity index (χ1v) is 3.95. The van der Waals surface area contributed by atoms with Crippen LogP contribution in [0.1, 0.15) is 10.4 Å². The molecule has 6 heteroatoms. The minimum absolute atomic E-state index is 0.391. The van der Waals surface area contributed by atoms with Crippen molar-refractivity contribution in [2.75, 3.05) is 6.54 Å². The molecule has 2 N–H and O–H groups in total. The maximum absolute atomic E-state index is 13.0. The van der Waals surface area contributed by atoms with Crippen molar-refractivity contribution in [3.63, 3.8) is 0 Å². The molecular weight excluding hydrogens is 208 g/mol. The van der Waals surface area contributed by atoms with Gasteiger partial charge in [-0.3, -0.25) is 9.59 Å². The first-order chi connectivity index (χ1) is 7.00. The lowest BCUT2D eigenvalue weighted by Gasteiger charge is -2.03. The highest BCUT2D eigenvalue weighted by Crippen LogP contribution is 2.08. The lowest BCUT2D eigenvalue weighted by atomic mass is 10.2. The van der Waals surface area contributed by atoms with Crippen molar-refractivity contribution in [2.45, 2.75) is 0 Å². The van der Waals surface area contributed by atoms with Crippen LogP contribution in [-0.4, -0.2) is 23.5 Å². The van der Waals surface area contributed by atoms with E-state index >= 15 is 0 Å². The third kappa shape index (κ3) is 3.01. The molecule has 1 amide bonds. The summed E-state index contributed by atoms with van der Waals surface area (Å²) in [5.74, 6) is -3.97. The van der Waals surface area contributed by atoms with Gasteiger partial charge < -0.3 is 10.4 Å². The fourth-order valence-corrected chi connectivity index (χ4v) is 0.925. The van der Waals surface area contributed by atoms with E-state index in [0.29, 0.717) is 6.07 Å². The number of hydrogen-bond donors (Lipinski definition) is 2. The standard InChI is InChI=1S/C9H7F2NO3/c10-5-1-2-6(7(11)3-5)9(15)12-4-8(13)14/h1-3H,4H2,(H,12,15)(H,13,14). The first-order valence-electron chi connectivity index (χ1n) is 3.95. The lowest BCUT2D eigenvalue weighted by Crippen LogP contribution is -2.29. The Kier molecular flexibility index (Phi) is 3.33. The summed E-state index contributed by atoms with van der Waals surface area (Å²) < 4.78 is 25.4. The summed E-state index contributed by atoms with van der Waals surface area (Å²) in [6.45, 7) is -0.615. The molecular formula is C9H7F2NO3. The van der Waals surface area contributed by atoms with Gasteiger partial charge in [-0.05, 0) is 12.1 Å². The number of carbonyl (C=O) groups excluding carboxylic acids is 1. The summed E-state index contributed by atoms with van der Waals surface area (Å²) in [6.07, 6.45) is 0. The summed E-state index contributed by atoms with van der Waals surface area (Å²) in [6, 6.07) is 2.41. The Balaban J connectivity index is 2.78. The van der Waals surface area contributed by atoms with Crippen molar-refractivity contribution in [3.05, 3.63) is 35.4 Å². The van der Waals surface area contributed by atoms with Crippen LogP contribution in [0.3, 0.4) is 0 Å². The van der Waals surface area contributed by atoms with Gasteiger partial charge in [0.25, 0.3) is 5.91 Å². The van der Waals surface area contributed by atoms with Crippen LogP contribution in [0.5, 0.6) is 0 Å². The Morgan fingerprint density at radius 1 is 1.33 bits per heavy atom.